The van der Waals surface area contributed by atoms with Crippen LogP contribution >= 0.6 is 0 Å². The lowest BCUT2D eigenvalue weighted by Gasteiger charge is -2.34. The van der Waals surface area contributed by atoms with Gasteiger partial charge in [0.1, 0.15) is 5.75 Å². The summed E-state index contributed by atoms with van der Waals surface area (Å²) in [7, 11) is 1.60. The molecule has 5 nitrogen and oxygen atoms in total. The molecular weight excluding hydrogens is 366 g/mol. The number of allylic oxidation sites excluding steroid dienone is 1. The summed E-state index contributed by atoms with van der Waals surface area (Å²) in [5.74, 6) is -0.0491. The Morgan fingerprint density at radius 2 is 1.86 bits per heavy atom. The Bertz CT molecular complexity index is 930. The van der Waals surface area contributed by atoms with Gasteiger partial charge in [0.15, 0.2) is 0 Å². The third-order valence-corrected chi connectivity index (χ3v) is 5.28. The van der Waals surface area contributed by atoms with Crippen LogP contribution in [-0.2, 0) is 20.9 Å². The third kappa shape index (κ3) is 4.50. The molecule has 1 atom stereocenters. The Morgan fingerprint density at radius 1 is 1.14 bits per heavy atom. The first-order chi connectivity index (χ1) is 13.9. The maximum atomic E-state index is 13.0. The summed E-state index contributed by atoms with van der Waals surface area (Å²) in [6.45, 7) is 6.35. The molecule has 0 aromatic heterocycles. The van der Waals surface area contributed by atoms with Crippen molar-refractivity contribution in [2.24, 2.45) is 0 Å². The van der Waals surface area contributed by atoms with Crippen molar-refractivity contribution in [3.63, 3.8) is 0 Å². The number of benzene rings is 2. The lowest BCUT2D eigenvalue weighted by Crippen LogP contribution is -2.38. The molecule has 0 N–H and O–H groups in total. The van der Waals surface area contributed by atoms with E-state index >= 15 is 0 Å². The van der Waals surface area contributed by atoms with Gasteiger partial charge in [-0.15, -0.1) is 0 Å². The van der Waals surface area contributed by atoms with Gasteiger partial charge >= 0.3 is 5.97 Å². The summed E-state index contributed by atoms with van der Waals surface area (Å²) < 4.78 is 10.7. The summed E-state index contributed by atoms with van der Waals surface area (Å²) in [5.41, 5.74) is 4.23. The van der Waals surface area contributed by atoms with Crippen LogP contribution in [0.2, 0.25) is 0 Å². The van der Waals surface area contributed by atoms with Crippen molar-refractivity contribution in [3.8, 4) is 5.75 Å². The van der Waals surface area contributed by atoms with Crippen molar-refractivity contribution >= 4 is 11.9 Å². The topological polar surface area (TPSA) is 55.8 Å². The predicted molar refractivity (Wildman–Crippen MR) is 111 cm³/mol. The number of esters is 1. The number of carbonyl (C=O) groups excluding carboxylic acids is 2. The van der Waals surface area contributed by atoms with Gasteiger partial charge in [0.2, 0.25) is 5.91 Å². The number of hydrogen-bond donors (Lipinski definition) is 0. The average molecular weight is 393 g/mol. The minimum absolute atomic E-state index is 0.0102. The van der Waals surface area contributed by atoms with Gasteiger partial charge in [-0.25, -0.2) is 4.79 Å². The molecule has 152 valence electrons. The van der Waals surface area contributed by atoms with Gasteiger partial charge in [-0.3, -0.25) is 4.79 Å². The highest BCUT2D eigenvalue weighted by Crippen LogP contribution is 2.38. The number of aryl methyl sites for hydroxylation is 1. The minimum atomic E-state index is -0.376. The second-order valence-electron chi connectivity index (χ2n) is 7.22. The fourth-order valence-electron chi connectivity index (χ4n) is 3.70. The van der Waals surface area contributed by atoms with Gasteiger partial charge in [0, 0.05) is 18.0 Å². The van der Waals surface area contributed by atoms with E-state index in [1.54, 1.807) is 18.9 Å². The second kappa shape index (κ2) is 8.95. The molecule has 29 heavy (non-hydrogen) atoms. The summed E-state index contributed by atoms with van der Waals surface area (Å²) in [6, 6.07) is 15.6. The number of amides is 1. The summed E-state index contributed by atoms with van der Waals surface area (Å²) in [6.07, 6.45) is 0.213. The molecule has 2 aromatic carbocycles. The van der Waals surface area contributed by atoms with Crippen LogP contribution in [0.15, 0.2) is 59.8 Å². The average Bonchev–Trinajstić information content (AvgIpc) is 2.72. The zero-order valence-corrected chi connectivity index (χ0v) is 17.4. The first kappa shape index (κ1) is 20.6. The smallest absolute Gasteiger partial charge is 0.336 e. The van der Waals surface area contributed by atoms with Crippen molar-refractivity contribution in [1.29, 1.82) is 0 Å². The van der Waals surface area contributed by atoms with Crippen LogP contribution < -0.4 is 4.74 Å². The predicted octanol–water partition coefficient (Wildman–Crippen LogP) is 4.36. The largest absolute Gasteiger partial charge is 0.497 e. The molecule has 1 heterocycles. The van der Waals surface area contributed by atoms with Crippen LogP contribution in [0.5, 0.6) is 5.75 Å². The van der Waals surface area contributed by atoms with Gasteiger partial charge in [-0.1, -0.05) is 42.0 Å². The van der Waals surface area contributed by atoms with Crippen LogP contribution in [0.3, 0.4) is 0 Å². The van der Waals surface area contributed by atoms with Crippen molar-refractivity contribution in [1.82, 2.24) is 4.90 Å². The first-order valence-electron chi connectivity index (χ1n) is 9.82. The SMILES string of the molecule is CCOC(=O)C1=C(C)N(Cc2ccc(C)cc2)C(=O)CC1c1cccc(OC)c1. The van der Waals surface area contributed by atoms with E-state index in [0.717, 1.165) is 16.7 Å². The fourth-order valence-corrected chi connectivity index (χ4v) is 3.70. The lowest BCUT2D eigenvalue weighted by atomic mass is 9.83. The summed E-state index contributed by atoms with van der Waals surface area (Å²) in [5, 5.41) is 0. The van der Waals surface area contributed by atoms with E-state index in [-0.39, 0.29) is 30.8 Å². The van der Waals surface area contributed by atoms with Crippen LogP contribution in [0.1, 0.15) is 42.9 Å². The molecule has 1 unspecified atom stereocenters. The lowest BCUT2D eigenvalue weighted by molar-refractivity contribution is -0.140. The van der Waals surface area contributed by atoms with Crippen LogP contribution in [-0.4, -0.2) is 30.5 Å². The van der Waals surface area contributed by atoms with Crippen LogP contribution in [0.25, 0.3) is 0 Å². The van der Waals surface area contributed by atoms with Gasteiger partial charge in [0.25, 0.3) is 0 Å². The maximum absolute atomic E-state index is 13.0. The summed E-state index contributed by atoms with van der Waals surface area (Å²) in [4.78, 5) is 27.6. The van der Waals surface area contributed by atoms with E-state index in [9.17, 15) is 9.59 Å². The number of rotatable bonds is 6. The standard InChI is InChI=1S/C24H27NO4/c1-5-29-24(27)23-17(3)25(15-18-11-9-16(2)10-12-18)22(26)14-21(23)19-7-6-8-20(13-19)28-4/h6-13,21H,5,14-15H2,1-4H3. The van der Waals surface area contributed by atoms with Gasteiger partial charge in [-0.05, 0) is 44.0 Å². The Balaban J connectivity index is 2.02. The van der Waals surface area contributed by atoms with Crippen molar-refractivity contribution < 1.29 is 19.1 Å². The monoisotopic (exact) mass is 393 g/mol. The van der Waals surface area contributed by atoms with E-state index in [0.29, 0.717) is 23.6 Å². The number of methoxy groups -OCH3 is 1. The Kier molecular flexibility index (Phi) is 6.37. The van der Waals surface area contributed by atoms with E-state index in [1.807, 2.05) is 62.4 Å². The Morgan fingerprint density at radius 3 is 2.52 bits per heavy atom. The van der Waals surface area contributed by atoms with Crippen molar-refractivity contribution in [2.75, 3.05) is 13.7 Å². The zero-order chi connectivity index (χ0) is 21.0. The molecule has 3 rings (SSSR count). The number of carbonyl (C=O) groups is 2. The molecule has 0 fully saturated rings. The van der Waals surface area contributed by atoms with Crippen molar-refractivity contribution in [3.05, 3.63) is 76.5 Å². The maximum Gasteiger partial charge on any atom is 0.336 e. The number of ether oxygens (including phenoxy) is 2. The molecule has 0 saturated carbocycles. The number of hydrogen-bond acceptors (Lipinski definition) is 4. The van der Waals surface area contributed by atoms with Gasteiger partial charge in [0.05, 0.1) is 25.8 Å². The Labute approximate surface area is 171 Å². The number of nitrogens with zero attached hydrogens (tertiary/aromatic N) is 1. The molecule has 0 bridgehead atoms. The summed E-state index contributed by atoms with van der Waals surface area (Å²) >= 11 is 0. The van der Waals surface area contributed by atoms with E-state index in [1.165, 1.54) is 0 Å². The van der Waals surface area contributed by atoms with E-state index in [2.05, 4.69) is 0 Å². The zero-order valence-electron chi connectivity index (χ0n) is 17.4. The molecule has 1 aliphatic heterocycles. The highest BCUT2D eigenvalue weighted by molar-refractivity contribution is 5.95. The second-order valence-corrected chi connectivity index (χ2v) is 7.22. The van der Waals surface area contributed by atoms with Crippen LogP contribution in [0.4, 0.5) is 0 Å². The third-order valence-electron chi connectivity index (χ3n) is 5.28. The van der Waals surface area contributed by atoms with Crippen molar-refractivity contribution in [2.45, 2.75) is 39.7 Å². The normalized spacial score (nSPS) is 16.8. The highest BCUT2D eigenvalue weighted by Gasteiger charge is 2.37. The van der Waals surface area contributed by atoms with Crippen LogP contribution in [0, 0.1) is 6.92 Å². The Hall–Kier alpha value is -3.08. The molecule has 0 aliphatic carbocycles. The quantitative estimate of drug-likeness (QED) is 0.685. The minimum Gasteiger partial charge on any atom is -0.497 e. The van der Waals surface area contributed by atoms with Gasteiger partial charge in [-0.2, -0.15) is 0 Å². The molecule has 0 spiro atoms. The molecule has 2 aromatic rings. The molecule has 0 radical (unpaired) electrons. The molecular formula is C24H27NO4. The highest BCUT2D eigenvalue weighted by atomic mass is 16.5. The first-order valence-corrected chi connectivity index (χ1v) is 9.82. The molecule has 1 aliphatic rings. The van der Waals surface area contributed by atoms with E-state index in [4.69, 9.17) is 9.47 Å². The fraction of sp³-hybridized carbons (Fsp3) is 0.333. The molecule has 5 heteroatoms. The van der Waals surface area contributed by atoms with E-state index < -0.39 is 0 Å². The van der Waals surface area contributed by atoms with Gasteiger partial charge < -0.3 is 14.4 Å². The molecule has 1 amide bonds. The molecule has 0 saturated heterocycles.